The Kier molecular flexibility index (Phi) is 6.87. The maximum atomic E-state index is 12.1. The SMILES string of the molecule is O=C(CSc1cccc2cccnc12)N/N=C/c1ccc(OCc2ccccn2)cc1. The lowest BCUT2D eigenvalue weighted by Crippen LogP contribution is -2.19. The molecule has 7 heteroatoms. The van der Waals surface area contributed by atoms with Gasteiger partial charge in [0.15, 0.2) is 0 Å². The normalized spacial score (nSPS) is 11.0. The number of ether oxygens (including phenoxy) is 1. The molecule has 0 aliphatic carbocycles. The van der Waals surface area contributed by atoms with Crippen molar-refractivity contribution in [2.24, 2.45) is 5.10 Å². The third-order valence-corrected chi connectivity index (χ3v) is 5.40. The highest BCUT2D eigenvalue weighted by Gasteiger charge is 2.06. The summed E-state index contributed by atoms with van der Waals surface area (Å²) in [6, 6.07) is 23.0. The maximum Gasteiger partial charge on any atom is 0.250 e. The monoisotopic (exact) mass is 428 g/mol. The van der Waals surface area contributed by atoms with Crippen LogP contribution in [0.25, 0.3) is 10.9 Å². The second-order valence-electron chi connectivity index (χ2n) is 6.59. The van der Waals surface area contributed by atoms with Crippen molar-refractivity contribution in [2.45, 2.75) is 11.5 Å². The van der Waals surface area contributed by atoms with Crippen molar-refractivity contribution >= 4 is 34.8 Å². The molecule has 0 radical (unpaired) electrons. The quantitative estimate of drug-likeness (QED) is 0.255. The molecule has 0 spiro atoms. The molecular formula is C24H20N4O2S. The number of para-hydroxylation sites is 1. The Labute approximate surface area is 184 Å². The second kappa shape index (κ2) is 10.4. The van der Waals surface area contributed by atoms with Crippen LogP contribution in [0.5, 0.6) is 5.75 Å². The maximum absolute atomic E-state index is 12.1. The topological polar surface area (TPSA) is 76.5 Å². The Hall–Kier alpha value is -3.71. The first-order valence-electron chi connectivity index (χ1n) is 9.69. The van der Waals surface area contributed by atoms with Crippen molar-refractivity contribution in [3.05, 3.63) is 96.4 Å². The highest BCUT2D eigenvalue weighted by molar-refractivity contribution is 8.00. The minimum absolute atomic E-state index is 0.176. The van der Waals surface area contributed by atoms with Crippen LogP contribution in [0, 0.1) is 0 Å². The molecule has 0 saturated carbocycles. The summed E-state index contributed by atoms with van der Waals surface area (Å²) in [5.74, 6) is 0.823. The summed E-state index contributed by atoms with van der Waals surface area (Å²) in [4.78, 5) is 21.7. The molecule has 0 aliphatic heterocycles. The van der Waals surface area contributed by atoms with Gasteiger partial charge in [0, 0.05) is 22.7 Å². The average Bonchev–Trinajstić information content (AvgIpc) is 2.83. The molecule has 0 fully saturated rings. The average molecular weight is 429 g/mol. The van der Waals surface area contributed by atoms with Crippen LogP contribution in [-0.4, -0.2) is 27.8 Å². The first kappa shape index (κ1) is 20.6. The fraction of sp³-hybridized carbons (Fsp3) is 0.0833. The zero-order valence-electron chi connectivity index (χ0n) is 16.6. The van der Waals surface area contributed by atoms with Crippen molar-refractivity contribution in [3.63, 3.8) is 0 Å². The predicted molar refractivity (Wildman–Crippen MR) is 123 cm³/mol. The standard InChI is InChI=1S/C24H20N4O2S/c29-23(17-31-22-8-3-5-19-6-4-14-26-24(19)22)28-27-15-18-9-11-21(12-10-18)30-16-20-7-1-2-13-25-20/h1-15H,16-17H2,(H,28,29)/b27-15+. The number of amides is 1. The molecule has 0 atom stereocenters. The van der Waals surface area contributed by atoms with E-state index >= 15 is 0 Å². The number of thioether (sulfide) groups is 1. The first-order valence-corrected chi connectivity index (χ1v) is 10.7. The Morgan fingerprint density at radius 2 is 1.81 bits per heavy atom. The van der Waals surface area contributed by atoms with Gasteiger partial charge in [-0.25, -0.2) is 5.43 Å². The number of carbonyl (C=O) groups is 1. The third kappa shape index (κ3) is 5.90. The number of pyridine rings is 2. The van der Waals surface area contributed by atoms with E-state index in [1.54, 1.807) is 18.6 Å². The number of aromatic nitrogens is 2. The van der Waals surface area contributed by atoms with Gasteiger partial charge in [-0.2, -0.15) is 5.10 Å². The Morgan fingerprint density at radius 1 is 0.968 bits per heavy atom. The minimum atomic E-state index is -0.176. The summed E-state index contributed by atoms with van der Waals surface area (Å²) in [7, 11) is 0. The van der Waals surface area contributed by atoms with Crippen molar-refractivity contribution in [3.8, 4) is 5.75 Å². The number of hydrogen-bond acceptors (Lipinski definition) is 6. The molecular weight excluding hydrogens is 408 g/mol. The fourth-order valence-corrected chi connectivity index (χ4v) is 3.67. The molecule has 4 rings (SSSR count). The van der Waals surface area contributed by atoms with E-state index in [2.05, 4.69) is 20.5 Å². The molecule has 1 N–H and O–H groups in total. The van der Waals surface area contributed by atoms with Crippen LogP contribution in [0.3, 0.4) is 0 Å². The highest BCUT2D eigenvalue weighted by atomic mass is 32.2. The van der Waals surface area contributed by atoms with E-state index in [0.29, 0.717) is 6.61 Å². The van der Waals surface area contributed by atoms with Crippen LogP contribution < -0.4 is 10.2 Å². The molecule has 6 nitrogen and oxygen atoms in total. The van der Waals surface area contributed by atoms with Gasteiger partial charge >= 0.3 is 0 Å². The smallest absolute Gasteiger partial charge is 0.250 e. The first-order chi connectivity index (χ1) is 15.3. The van der Waals surface area contributed by atoms with E-state index < -0.39 is 0 Å². The van der Waals surface area contributed by atoms with Crippen molar-refractivity contribution in [1.29, 1.82) is 0 Å². The number of nitrogens with one attached hydrogen (secondary N) is 1. The van der Waals surface area contributed by atoms with Crippen molar-refractivity contribution in [1.82, 2.24) is 15.4 Å². The van der Waals surface area contributed by atoms with Crippen molar-refractivity contribution < 1.29 is 9.53 Å². The number of hydrogen-bond donors (Lipinski definition) is 1. The van der Waals surface area contributed by atoms with E-state index in [1.165, 1.54) is 11.8 Å². The van der Waals surface area contributed by atoms with E-state index in [0.717, 1.165) is 32.8 Å². The molecule has 1 amide bonds. The van der Waals surface area contributed by atoms with Crippen LogP contribution >= 0.6 is 11.8 Å². The minimum Gasteiger partial charge on any atom is -0.487 e. The van der Waals surface area contributed by atoms with E-state index in [4.69, 9.17) is 4.74 Å². The predicted octanol–water partition coefficient (Wildman–Crippen LogP) is 4.45. The van der Waals surface area contributed by atoms with Gasteiger partial charge in [0.25, 0.3) is 0 Å². The summed E-state index contributed by atoms with van der Waals surface area (Å²) in [6.07, 6.45) is 5.10. The lowest BCUT2D eigenvalue weighted by molar-refractivity contribution is -0.118. The summed E-state index contributed by atoms with van der Waals surface area (Å²) in [6.45, 7) is 0.411. The van der Waals surface area contributed by atoms with Gasteiger partial charge in [0.05, 0.1) is 23.2 Å². The van der Waals surface area contributed by atoms with Gasteiger partial charge in [-0.15, -0.1) is 11.8 Å². The molecule has 0 bridgehead atoms. The number of hydrazone groups is 1. The van der Waals surface area contributed by atoms with Gasteiger partial charge in [0.1, 0.15) is 12.4 Å². The van der Waals surface area contributed by atoms with Crippen LogP contribution in [0.2, 0.25) is 0 Å². The van der Waals surface area contributed by atoms with Gasteiger partial charge < -0.3 is 4.74 Å². The van der Waals surface area contributed by atoms with E-state index in [1.807, 2.05) is 72.8 Å². The summed E-state index contributed by atoms with van der Waals surface area (Å²) in [5.41, 5.74) is 5.19. The molecule has 31 heavy (non-hydrogen) atoms. The summed E-state index contributed by atoms with van der Waals surface area (Å²) < 4.78 is 5.71. The molecule has 4 aromatic rings. The Bertz CT molecular complexity index is 1180. The molecule has 0 saturated heterocycles. The van der Waals surface area contributed by atoms with Crippen molar-refractivity contribution in [2.75, 3.05) is 5.75 Å². The number of nitrogens with zero attached hydrogens (tertiary/aromatic N) is 3. The number of fused-ring (bicyclic) bond motifs is 1. The number of rotatable bonds is 8. The van der Waals surface area contributed by atoms with E-state index in [9.17, 15) is 4.79 Å². The van der Waals surface area contributed by atoms with Crippen LogP contribution in [0.4, 0.5) is 0 Å². The molecule has 154 valence electrons. The molecule has 2 aromatic carbocycles. The van der Waals surface area contributed by atoms with Gasteiger partial charge in [-0.1, -0.05) is 24.3 Å². The second-order valence-corrected chi connectivity index (χ2v) is 7.61. The number of carbonyl (C=O) groups excluding carboxylic acids is 1. The van der Waals surface area contributed by atoms with Crippen LogP contribution in [0.15, 0.2) is 95.2 Å². The van der Waals surface area contributed by atoms with Crippen LogP contribution in [-0.2, 0) is 11.4 Å². The molecule has 0 aliphatic rings. The fourth-order valence-electron chi connectivity index (χ4n) is 2.84. The van der Waals surface area contributed by atoms with Crippen LogP contribution in [0.1, 0.15) is 11.3 Å². The highest BCUT2D eigenvalue weighted by Crippen LogP contribution is 2.25. The largest absolute Gasteiger partial charge is 0.487 e. The van der Waals surface area contributed by atoms with E-state index in [-0.39, 0.29) is 11.7 Å². The Morgan fingerprint density at radius 3 is 2.65 bits per heavy atom. The third-order valence-electron chi connectivity index (χ3n) is 4.35. The molecule has 2 heterocycles. The summed E-state index contributed by atoms with van der Waals surface area (Å²) in [5, 5.41) is 5.09. The Balaban J connectivity index is 1.25. The lowest BCUT2D eigenvalue weighted by Gasteiger charge is -2.06. The zero-order chi connectivity index (χ0) is 21.3. The van der Waals surface area contributed by atoms with Gasteiger partial charge in [-0.3, -0.25) is 14.8 Å². The summed E-state index contributed by atoms with van der Waals surface area (Å²) >= 11 is 1.44. The zero-order valence-corrected chi connectivity index (χ0v) is 17.5. The molecule has 2 aromatic heterocycles. The molecule has 0 unspecified atom stereocenters. The lowest BCUT2D eigenvalue weighted by atomic mass is 10.2. The van der Waals surface area contributed by atoms with Gasteiger partial charge in [-0.05, 0) is 54.1 Å². The number of benzene rings is 2. The van der Waals surface area contributed by atoms with Gasteiger partial charge in [0.2, 0.25) is 5.91 Å².